The number of aliphatic hydroxyl groups excluding tert-OH is 3. The highest BCUT2D eigenvalue weighted by molar-refractivity contribution is 5.82. The lowest BCUT2D eigenvalue weighted by atomic mass is 10.1. The molecule has 3 heterocycles. The fourth-order valence-electron chi connectivity index (χ4n) is 3.07. The van der Waals surface area contributed by atoms with Crippen molar-refractivity contribution in [1.29, 1.82) is 0 Å². The van der Waals surface area contributed by atoms with Gasteiger partial charge in [-0.1, -0.05) is 32.1 Å². The van der Waals surface area contributed by atoms with Crippen LogP contribution in [-0.4, -0.2) is 59.8 Å². The fourth-order valence-corrected chi connectivity index (χ4v) is 3.07. The lowest BCUT2D eigenvalue weighted by molar-refractivity contribution is -0.0511. The summed E-state index contributed by atoms with van der Waals surface area (Å²) in [5.74, 6) is 6.42. The molecule has 2 aromatic heterocycles. The number of nitrogen functional groups attached to an aromatic ring is 1. The van der Waals surface area contributed by atoms with E-state index in [2.05, 4.69) is 33.7 Å². The predicted octanol–water partition coefficient (Wildman–Crippen LogP) is 0.342. The van der Waals surface area contributed by atoms with E-state index in [0.717, 1.165) is 19.3 Å². The molecule has 1 unspecified atom stereocenters. The number of hydrogen-bond donors (Lipinski definition) is 4. The quantitative estimate of drug-likeness (QED) is 0.419. The van der Waals surface area contributed by atoms with Crippen molar-refractivity contribution >= 4 is 17.0 Å². The van der Waals surface area contributed by atoms with Crippen molar-refractivity contribution in [2.45, 2.75) is 63.6 Å². The Morgan fingerprint density at radius 2 is 2.04 bits per heavy atom. The summed E-state index contributed by atoms with van der Waals surface area (Å²) in [4.78, 5) is 12.7. The maximum atomic E-state index is 10.2. The summed E-state index contributed by atoms with van der Waals surface area (Å²) in [7, 11) is 0. The lowest BCUT2D eigenvalue weighted by Crippen LogP contribution is -2.33. The zero-order chi connectivity index (χ0) is 19.4. The summed E-state index contributed by atoms with van der Waals surface area (Å²) < 4.78 is 7.01. The molecule has 0 amide bonds. The van der Waals surface area contributed by atoms with Gasteiger partial charge in [-0.3, -0.25) is 4.57 Å². The third-order valence-corrected chi connectivity index (χ3v) is 4.60. The molecule has 9 heteroatoms. The largest absolute Gasteiger partial charge is 0.394 e. The van der Waals surface area contributed by atoms with Gasteiger partial charge in [0, 0.05) is 6.42 Å². The van der Waals surface area contributed by atoms with Crippen LogP contribution in [0.15, 0.2) is 6.33 Å². The van der Waals surface area contributed by atoms with Crippen molar-refractivity contribution in [1.82, 2.24) is 19.5 Å². The number of aromatic nitrogens is 4. The van der Waals surface area contributed by atoms with Gasteiger partial charge in [-0.05, 0) is 12.3 Å². The van der Waals surface area contributed by atoms with Crippen LogP contribution in [0.3, 0.4) is 0 Å². The molecule has 0 radical (unpaired) electrons. The first-order chi connectivity index (χ1) is 13.1. The molecule has 1 aliphatic heterocycles. The maximum absolute atomic E-state index is 10.2. The first-order valence-electron chi connectivity index (χ1n) is 9.18. The van der Waals surface area contributed by atoms with E-state index >= 15 is 0 Å². The van der Waals surface area contributed by atoms with E-state index in [1.54, 1.807) is 0 Å². The third kappa shape index (κ3) is 4.04. The van der Waals surface area contributed by atoms with Crippen molar-refractivity contribution in [3.8, 4) is 11.8 Å². The summed E-state index contributed by atoms with van der Waals surface area (Å²) >= 11 is 0. The molecule has 0 saturated carbocycles. The third-order valence-electron chi connectivity index (χ3n) is 4.60. The Kier molecular flexibility index (Phi) is 6.23. The highest BCUT2D eigenvalue weighted by atomic mass is 16.6. The van der Waals surface area contributed by atoms with E-state index in [1.807, 2.05) is 0 Å². The summed E-state index contributed by atoms with van der Waals surface area (Å²) in [6.45, 7) is 1.75. The number of ether oxygens (including phenoxy) is 1. The second-order valence-electron chi connectivity index (χ2n) is 6.60. The summed E-state index contributed by atoms with van der Waals surface area (Å²) in [5.41, 5.74) is 6.68. The van der Waals surface area contributed by atoms with Crippen molar-refractivity contribution < 1.29 is 20.1 Å². The monoisotopic (exact) mass is 375 g/mol. The van der Waals surface area contributed by atoms with Gasteiger partial charge in [0.25, 0.3) is 0 Å². The molecule has 0 bridgehead atoms. The molecule has 146 valence electrons. The first kappa shape index (κ1) is 19.5. The number of imidazole rings is 1. The van der Waals surface area contributed by atoms with Crippen LogP contribution in [0.1, 0.15) is 51.1 Å². The molecule has 4 atom stereocenters. The van der Waals surface area contributed by atoms with Gasteiger partial charge in [0.2, 0.25) is 5.82 Å². The predicted molar refractivity (Wildman–Crippen MR) is 98.4 cm³/mol. The van der Waals surface area contributed by atoms with Crippen molar-refractivity contribution in [3.63, 3.8) is 0 Å². The molecule has 0 spiro atoms. The van der Waals surface area contributed by atoms with Crippen LogP contribution >= 0.6 is 0 Å². The zero-order valence-electron chi connectivity index (χ0n) is 15.2. The number of hydrogen-bond acceptors (Lipinski definition) is 8. The van der Waals surface area contributed by atoms with Crippen molar-refractivity contribution in [2.75, 3.05) is 12.3 Å². The normalized spacial score (nSPS) is 24.9. The van der Waals surface area contributed by atoms with Gasteiger partial charge in [-0.15, -0.1) is 0 Å². The van der Waals surface area contributed by atoms with Crippen LogP contribution in [0.25, 0.3) is 11.2 Å². The van der Waals surface area contributed by atoms with Crippen LogP contribution < -0.4 is 5.73 Å². The van der Waals surface area contributed by atoms with E-state index in [-0.39, 0.29) is 11.6 Å². The van der Waals surface area contributed by atoms with E-state index in [9.17, 15) is 15.3 Å². The van der Waals surface area contributed by atoms with E-state index in [1.165, 1.54) is 23.7 Å². The van der Waals surface area contributed by atoms with Gasteiger partial charge in [-0.25, -0.2) is 15.0 Å². The van der Waals surface area contributed by atoms with Gasteiger partial charge >= 0.3 is 0 Å². The van der Waals surface area contributed by atoms with Gasteiger partial charge in [0.05, 0.1) is 12.9 Å². The number of fused-ring (bicyclic) bond motifs is 1. The molecule has 5 N–H and O–H groups in total. The second kappa shape index (κ2) is 8.63. The van der Waals surface area contributed by atoms with Crippen LogP contribution in [0.2, 0.25) is 0 Å². The van der Waals surface area contributed by atoms with E-state index < -0.39 is 31.1 Å². The SMILES string of the molecule is CCCCCCC#Cc1nc(N)c2ncn(C3O[C@@H](CO)[C@H](O)[C@@H]3O)c2n1. The van der Waals surface area contributed by atoms with Gasteiger partial charge < -0.3 is 25.8 Å². The van der Waals surface area contributed by atoms with Crippen molar-refractivity contribution in [3.05, 3.63) is 12.2 Å². The Hall–Kier alpha value is -2.25. The molecule has 0 aromatic carbocycles. The number of aliphatic hydroxyl groups is 3. The fraction of sp³-hybridized carbons (Fsp3) is 0.611. The number of nitrogens with two attached hydrogens (primary N) is 1. The summed E-state index contributed by atoms with van der Waals surface area (Å²) in [6, 6.07) is 0. The maximum Gasteiger partial charge on any atom is 0.208 e. The number of unbranched alkanes of at least 4 members (excludes halogenated alkanes) is 4. The Bertz CT molecular complexity index is 843. The molecule has 3 rings (SSSR count). The lowest BCUT2D eigenvalue weighted by Gasteiger charge is -2.16. The number of rotatable bonds is 6. The minimum Gasteiger partial charge on any atom is -0.394 e. The van der Waals surface area contributed by atoms with Crippen LogP contribution in [0.4, 0.5) is 5.82 Å². The standard InChI is InChI=1S/C18H25N5O4/c1-2-3-4-5-6-7-8-12-21-16(19)13-17(22-12)23(10-20-13)18-15(26)14(25)11(9-24)27-18/h10-11,14-15,18,24-26H,2-6,9H2,1H3,(H2,19,21,22)/t11-,14-,15-,18?/m0/s1. The second-order valence-corrected chi connectivity index (χ2v) is 6.60. The zero-order valence-corrected chi connectivity index (χ0v) is 15.2. The number of anilines is 1. The van der Waals surface area contributed by atoms with Crippen LogP contribution in [0.5, 0.6) is 0 Å². The van der Waals surface area contributed by atoms with Crippen LogP contribution in [0, 0.1) is 11.8 Å². The Balaban J connectivity index is 1.84. The Labute approximate surface area is 157 Å². The molecule has 0 aliphatic carbocycles. The Morgan fingerprint density at radius 1 is 1.22 bits per heavy atom. The van der Waals surface area contributed by atoms with Gasteiger partial charge in [0.15, 0.2) is 17.7 Å². The average Bonchev–Trinajstić information content (AvgIpc) is 3.20. The smallest absolute Gasteiger partial charge is 0.208 e. The molecule has 27 heavy (non-hydrogen) atoms. The molecular formula is C18H25N5O4. The average molecular weight is 375 g/mol. The molecule has 9 nitrogen and oxygen atoms in total. The molecule has 1 fully saturated rings. The Morgan fingerprint density at radius 3 is 2.74 bits per heavy atom. The van der Waals surface area contributed by atoms with Gasteiger partial charge in [-0.2, -0.15) is 0 Å². The molecular weight excluding hydrogens is 350 g/mol. The summed E-state index contributed by atoms with van der Waals surface area (Å²) in [5, 5.41) is 29.5. The molecule has 2 aromatic rings. The highest BCUT2D eigenvalue weighted by Crippen LogP contribution is 2.31. The topological polar surface area (TPSA) is 140 Å². The van der Waals surface area contributed by atoms with Gasteiger partial charge in [0.1, 0.15) is 23.8 Å². The number of nitrogens with zero attached hydrogens (tertiary/aromatic N) is 4. The van der Waals surface area contributed by atoms with E-state index in [4.69, 9.17) is 10.5 Å². The highest BCUT2D eigenvalue weighted by Gasteiger charge is 2.44. The van der Waals surface area contributed by atoms with Crippen molar-refractivity contribution in [2.24, 2.45) is 0 Å². The minimum absolute atomic E-state index is 0.181. The first-order valence-corrected chi connectivity index (χ1v) is 9.18. The van der Waals surface area contributed by atoms with Crippen LogP contribution in [-0.2, 0) is 4.74 Å². The molecule has 1 aliphatic rings. The van der Waals surface area contributed by atoms with E-state index in [0.29, 0.717) is 11.2 Å². The minimum atomic E-state index is -1.23. The molecule has 1 saturated heterocycles. The summed E-state index contributed by atoms with van der Waals surface area (Å²) in [6.07, 6.45) is 2.45.